The second kappa shape index (κ2) is 13.6. The van der Waals surface area contributed by atoms with Crippen molar-refractivity contribution >= 4 is 17.7 Å². The van der Waals surface area contributed by atoms with E-state index >= 15 is 0 Å². The quantitative estimate of drug-likeness (QED) is 0.411. The van der Waals surface area contributed by atoms with E-state index < -0.39 is 22.9 Å². The van der Waals surface area contributed by atoms with E-state index in [1.165, 1.54) is 0 Å². The van der Waals surface area contributed by atoms with Gasteiger partial charge in [-0.3, -0.25) is 19.3 Å². The fraction of sp³-hybridized carbons (Fsp3) is 0.656. The van der Waals surface area contributed by atoms with Crippen molar-refractivity contribution in [1.82, 2.24) is 20.0 Å². The summed E-state index contributed by atoms with van der Waals surface area (Å²) in [5.41, 5.74) is 0.599. The molecule has 0 bridgehead atoms. The monoisotopic (exact) mass is 542 g/mol. The van der Waals surface area contributed by atoms with Crippen molar-refractivity contribution in [1.29, 1.82) is 0 Å². The Morgan fingerprint density at radius 3 is 1.77 bits per heavy atom. The Labute approximate surface area is 238 Å². The molecule has 1 rings (SSSR count). The molecule has 0 saturated heterocycles. The first-order valence-corrected chi connectivity index (χ1v) is 14.0. The number of carbonyl (C=O) groups is 3. The third kappa shape index (κ3) is 8.66. The van der Waals surface area contributed by atoms with Crippen molar-refractivity contribution < 1.29 is 14.4 Å². The van der Waals surface area contributed by atoms with E-state index in [1.807, 2.05) is 104 Å². The van der Waals surface area contributed by atoms with Gasteiger partial charge in [0.05, 0.1) is 12.1 Å². The zero-order chi connectivity index (χ0) is 30.5. The average molecular weight is 543 g/mol. The summed E-state index contributed by atoms with van der Waals surface area (Å²) >= 11 is 0. The van der Waals surface area contributed by atoms with Gasteiger partial charge in [-0.2, -0.15) is 0 Å². The van der Waals surface area contributed by atoms with Crippen molar-refractivity contribution in [2.24, 2.45) is 11.3 Å². The van der Waals surface area contributed by atoms with Gasteiger partial charge in [0, 0.05) is 31.1 Å². The Kier molecular flexibility index (Phi) is 12.0. The van der Waals surface area contributed by atoms with Crippen molar-refractivity contribution in [3.8, 4) is 0 Å². The molecule has 0 aliphatic carbocycles. The van der Waals surface area contributed by atoms with E-state index in [0.29, 0.717) is 5.57 Å². The normalized spacial score (nSPS) is 15.3. The molecule has 39 heavy (non-hydrogen) atoms. The van der Waals surface area contributed by atoms with Crippen LogP contribution in [0.5, 0.6) is 0 Å². The minimum atomic E-state index is -0.756. The molecule has 0 unspecified atom stereocenters. The van der Waals surface area contributed by atoms with Crippen LogP contribution < -0.4 is 5.32 Å². The molecule has 1 aromatic carbocycles. The first-order valence-electron chi connectivity index (χ1n) is 14.0. The van der Waals surface area contributed by atoms with Gasteiger partial charge < -0.3 is 15.1 Å². The molecule has 0 aliphatic rings. The molecule has 0 fully saturated rings. The molecule has 3 atom stereocenters. The lowest BCUT2D eigenvalue weighted by Gasteiger charge is -2.41. The molecule has 220 valence electrons. The van der Waals surface area contributed by atoms with Crippen LogP contribution >= 0.6 is 0 Å². The molecule has 3 amide bonds. The van der Waals surface area contributed by atoms with Crippen molar-refractivity contribution in [2.75, 3.05) is 28.2 Å². The van der Waals surface area contributed by atoms with Gasteiger partial charge in [0.1, 0.15) is 6.04 Å². The summed E-state index contributed by atoms with van der Waals surface area (Å²) < 4.78 is 0. The maximum atomic E-state index is 14.0. The van der Waals surface area contributed by atoms with Crippen molar-refractivity contribution in [2.45, 2.75) is 98.8 Å². The zero-order valence-corrected chi connectivity index (χ0v) is 26.9. The van der Waals surface area contributed by atoms with Gasteiger partial charge in [0.25, 0.3) is 0 Å². The Bertz CT molecular complexity index is 1010. The van der Waals surface area contributed by atoms with Crippen LogP contribution in [0.1, 0.15) is 74.8 Å². The van der Waals surface area contributed by atoms with E-state index in [4.69, 9.17) is 0 Å². The molecular weight excluding hydrogens is 488 g/mol. The summed E-state index contributed by atoms with van der Waals surface area (Å²) in [6.07, 6.45) is 1.88. The molecule has 0 radical (unpaired) electrons. The van der Waals surface area contributed by atoms with Crippen LogP contribution in [0.4, 0.5) is 0 Å². The number of nitrogens with zero attached hydrogens (tertiary/aromatic N) is 3. The third-order valence-electron chi connectivity index (χ3n) is 7.70. The van der Waals surface area contributed by atoms with Crippen LogP contribution in [0, 0.1) is 11.3 Å². The molecule has 1 aromatic rings. The predicted molar refractivity (Wildman–Crippen MR) is 161 cm³/mol. The summed E-state index contributed by atoms with van der Waals surface area (Å²) in [6.45, 7) is 19.8. The SMILES string of the molecule is C/C(=C\[C@H](C(C)C)N(C)C(=O)[C@@H](NC(=O)[C@@H](N(C)C)C(C)(C)c1ccccc1)C(C)(C)C)C(=O)N(C)C(C)C. The predicted octanol–water partition coefficient (Wildman–Crippen LogP) is 4.72. The molecule has 7 heteroatoms. The first kappa shape index (κ1) is 34.4. The van der Waals surface area contributed by atoms with Crippen molar-refractivity contribution in [3.05, 3.63) is 47.5 Å². The van der Waals surface area contributed by atoms with Gasteiger partial charge in [-0.05, 0) is 51.8 Å². The van der Waals surface area contributed by atoms with Gasteiger partial charge in [0.15, 0.2) is 0 Å². The smallest absolute Gasteiger partial charge is 0.249 e. The second-order valence-corrected chi connectivity index (χ2v) is 13.3. The summed E-state index contributed by atoms with van der Waals surface area (Å²) in [5.74, 6) is -0.376. The average Bonchev–Trinajstić information content (AvgIpc) is 2.83. The Morgan fingerprint density at radius 2 is 1.36 bits per heavy atom. The zero-order valence-electron chi connectivity index (χ0n) is 26.9. The summed E-state index contributed by atoms with van der Waals surface area (Å²) in [7, 11) is 7.33. The van der Waals surface area contributed by atoms with Crippen LogP contribution in [0.25, 0.3) is 0 Å². The molecule has 7 nitrogen and oxygen atoms in total. The number of likely N-dealkylation sites (N-methyl/N-ethyl adjacent to an activating group) is 3. The maximum Gasteiger partial charge on any atom is 0.249 e. The number of hydrogen-bond acceptors (Lipinski definition) is 4. The minimum absolute atomic E-state index is 0.0610. The number of amides is 3. The first-order chi connectivity index (χ1) is 17.7. The number of rotatable bonds is 11. The molecular formula is C32H54N4O3. The fourth-order valence-corrected chi connectivity index (χ4v) is 5.05. The number of carbonyl (C=O) groups excluding carboxylic acids is 3. The Morgan fingerprint density at radius 1 is 0.846 bits per heavy atom. The van der Waals surface area contributed by atoms with E-state index in [-0.39, 0.29) is 35.7 Å². The van der Waals surface area contributed by atoms with E-state index in [9.17, 15) is 14.4 Å². The van der Waals surface area contributed by atoms with Gasteiger partial charge in [-0.15, -0.1) is 0 Å². The standard InChI is InChI=1S/C32H54N4O3/c1-21(2)25(20-23(5)29(38)35(13)22(3)4)36(14)30(39)26(31(6,7)8)33-28(37)27(34(11)12)32(9,10)24-18-16-15-17-19-24/h15-22,25-27H,1-14H3,(H,33,37)/b23-20+/t25-,26-,27-/m1/s1. The lowest BCUT2D eigenvalue weighted by Crippen LogP contribution is -2.61. The Balaban J connectivity index is 3.38. The Hall–Kier alpha value is -2.67. The molecule has 0 heterocycles. The second-order valence-electron chi connectivity index (χ2n) is 13.3. The van der Waals surface area contributed by atoms with Gasteiger partial charge in [0.2, 0.25) is 17.7 Å². The lowest BCUT2D eigenvalue weighted by molar-refractivity contribution is -0.141. The molecule has 0 aliphatic heterocycles. The maximum absolute atomic E-state index is 14.0. The van der Waals surface area contributed by atoms with Gasteiger partial charge in [-0.1, -0.05) is 84.9 Å². The third-order valence-corrected chi connectivity index (χ3v) is 7.70. The van der Waals surface area contributed by atoms with Crippen LogP contribution in [-0.4, -0.2) is 84.8 Å². The highest BCUT2D eigenvalue weighted by Gasteiger charge is 2.43. The molecule has 0 spiro atoms. The van der Waals surface area contributed by atoms with Crippen LogP contribution in [0.2, 0.25) is 0 Å². The van der Waals surface area contributed by atoms with Crippen LogP contribution in [0.15, 0.2) is 42.0 Å². The lowest BCUT2D eigenvalue weighted by atomic mass is 9.76. The molecule has 0 saturated carbocycles. The topological polar surface area (TPSA) is 73.0 Å². The van der Waals surface area contributed by atoms with E-state index in [2.05, 4.69) is 19.2 Å². The van der Waals surface area contributed by atoms with E-state index in [1.54, 1.807) is 30.8 Å². The van der Waals surface area contributed by atoms with Gasteiger partial charge in [-0.25, -0.2) is 0 Å². The summed E-state index contributed by atoms with van der Waals surface area (Å²) in [4.78, 5) is 46.2. The molecule has 0 aromatic heterocycles. The number of nitrogens with one attached hydrogen (secondary N) is 1. The van der Waals surface area contributed by atoms with Crippen molar-refractivity contribution in [3.63, 3.8) is 0 Å². The molecule has 1 N–H and O–H groups in total. The highest BCUT2D eigenvalue weighted by Crippen LogP contribution is 2.31. The fourth-order valence-electron chi connectivity index (χ4n) is 5.05. The largest absolute Gasteiger partial charge is 0.342 e. The number of hydrogen-bond donors (Lipinski definition) is 1. The minimum Gasteiger partial charge on any atom is -0.342 e. The summed E-state index contributed by atoms with van der Waals surface area (Å²) in [5, 5.41) is 3.13. The van der Waals surface area contributed by atoms with E-state index in [0.717, 1.165) is 5.56 Å². The van der Waals surface area contributed by atoms with Crippen LogP contribution in [0.3, 0.4) is 0 Å². The number of benzene rings is 1. The summed E-state index contributed by atoms with van der Waals surface area (Å²) in [6, 6.07) is 8.48. The van der Waals surface area contributed by atoms with Gasteiger partial charge >= 0.3 is 0 Å². The highest BCUT2D eigenvalue weighted by molar-refractivity contribution is 5.93. The highest BCUT2D eigenvalue weighted by atomic mass is 16.2. The van der Waals surface area contributed by atoms with Crippen LogP contribution in [-0.2, 0) is 19.8 Å².